The molecular weight excluding hydrogens is 547 g/mol. The Balaban J connectivity index is 1.50. The molecule has 5 rings (SSSR count). The van der Waals surface area contributed by atoms with E-state index in [2.05, 4.69) is 5.32 Å². The summed E-state index contributed by atoms with van der Waals surface area (Å²) >= 11 is 11.9. The first-order valence-electron chi connectivity index (χ1n) is 11.6. The molecular formula is C25H21Cl2F2N3O4S. The van der Waals surface area contributed by atoms with E-state index < -0.39 is 55.5 Å². The lowest BCUT2D eigenvalue weighted by atomic mass is 9.93. The van der Waals surface area contributed by atoms with Gasteiger partial charge in [-0.05, 0) is 62.4 Å². The molecule has 2 amide bonds. The largest absolute Gasteiger partial charge is 0.336 e. The number of rotatable bonds is 6. The number of likely N-dealkylation sites (tertiary alicyclic amines) is 1. The molecule has 12 heteroatoms. The van der Waals surface area contributed by atoms with Crippen molar-refractivity contribution in [1.29, 1.82) is 5.26 Å². The van der Waals surface area contributed by atoms with Crippen LogP contribution in [0.5, 0.6) is 0 Å². The number of nitriles is 1. The third-order valence-electron chi connectivity index (χ3n) is 7.40. The maximum atomic E-state index is 14.8. The van der Waals surface area contributed by atoms with E-state index in [-0.39, 0.29) is 33.5 Å². The zero-order valence-electron chi connectivity index (χ0n) is 19.3. The van der Waals surface area contributed by atoms with Crippen molar-refractivity contribution >= 4 is 44.9 Å². The monoisotopic (exact) mass is 567 g/mol. The van der Waals surface area contributed by atoms with Crippen LogP contribution in [0.4, 0.5) is 8.78 Å². The predicted molar refractivity (Wildman–Crippen MR) is 131 cm³/mol. The third-order valence-corrected chi connectivity index (χ3v) is 10.2. The number of halogens is 4. The fourth-order valence-corrected chi connectivity index (χ4v) is 7.35. The van der Waals surface area contributed by atoms with Crippen molar-refractivity contribution in [3.8, 4) is 6.07 Å². The normalized spacial score (nSPS) is 23.3. The molecule has 0 bridgehead atoms. The summed E-state index contributed by atoms with van der Waals surface area (Å²) in [5.41, 5.74) is -2.15. The first-order chi connectivity index (χ1) is 17.4. The Hall–Kier alpha value is -2.74. The smallest absolute Gasteiger partial charge is 0.244 e. The molecule has 0 unspecified atom stereocenters. The summed E-state index contributed by atoms with van der Waals surface area (Å²) in [6.07, 6.45) is 1.27. The minimum Gasteiger partial charge on any atom is -0.336 e. The van der Waals surface area contributed by atoms with E-state index in [0.717, 1.165) is 24.3 Å². The summed E-state index contributed by atoms with van der Waals surface area (Å²) < 4.78 is 55.3. The van der Waals surface area contributed by atoms with E-state index in [0.29, 0.717) is 25.7 Å². The number of amides is 2. The fourth-order valence-electron chi connectivity index (χ4n) is 4.97. The lowest BCUT2D eigenvalue weighted by Crippen LogP contribution is -2.51. The summed E-state index contributed by atoms with van der Waals surface area (Å²) in [5, 5.41) is 10.7. The number of sulfone groups is 1. The molecule has 1 saturated heterocycles. The van der Waals surface area contributed by atoms with E-state index in [9.17, 15) is 32.0 Å². The van der Waals surface area contributed by atoms with Crippen molar-refractivity contribution in [3.63, 3.8) is 0 Å². The van der Waals surface area contributed by atoms with Gasteiger partial charge in [-0.3, -0.25) is 9.59 Å². The first kappa shape index (κ1) is 25.9. The highest BCUT2D eigenvalue weighted by molar-refractivity contribution is 7.92. The van der Waals surface area contributed by atoms with Gasteiger partial charge in [0.05, 0.1) is 26.7 Å². The number of benzene rings is 2. The molecule has 37 heavy (non-hydrogen) atoms. The number of hydrogen-bond donors (Lipinski definition) is 1. The third kappa shape index (κ3) is 4.47. The Morgan fingerprint density at radius 2 is 1.78 bits per heavy atom. The van der Waals surface area contributed by atoms with Gasteiger partial charge in [0, 0.05) is 17.1 Å². The molecule has 2 aromatic rings. The van der Waals surface area contributed by atoms with Crippen molar-refractivity contribution in [2.75, 3.05) is 6.54 Å². The molecule has 2 saturated carbocycles. The SMILES string of the molecule is N#CC1(NC(=O)[C@@H]2C[C@@H](S(=O)(=O)c3ccc(F)cc3Cl)CN2C(=O)C2(c3ccc(Cl)cc3F)CC2)CC1. The molecule has 0 spiro atoms. The van der Waals surface area contributed by atoms with Crippen molar-refractivity contribution in [2.45, 2.75) is 59.2 Å². The standard InChI is InChI=1S/C25H21Cl2F2N3O4S/c26-14-1-3-17(19(29)9-14)25(7-8-25)23(34)32-12-16(11-20(32)22(33)31-24(13-30)5-6-24)37(35,36)21-4-2-15(28)10-18(21)27/h1-4,9-10,16,20H,5-8,11-12H2,(H,31,33)/t16-,20+/m1/s1. The molecule has 7 nitrogen and oxygen atoms in total. The van der Waals surface area contributed by atoms with Gasteiger partial charge in [0.1, 0.15) is 23.2 Å². The van der Waals surface area contributed by atoms with Crippen LogP contribution in [0.3, 0.4) is 0 Å². The summed E-state index contributed by atoms with van der Waals surface area (Å²) in [6, 6.07) is 7.73. The summed E-state index contributed by atoms with van der Waals surface area (Å²) in [5.74, 6) is -2.60. The zero-order valence-corrected chi connectivity index (χ0v) is 21.6. The minimum absolute atomic E-state index is 0.129. The Labute approximate surface area is 222 Å². The van der Waals surface area contributed by atoms with E-state index in [1.54, 1.807) is 0 Å². The maximum Gasteiger partial charge on any atom is 0.244 e. The highest BCUT2D eigenvalue weighted by Crippen LogP contribution is 2.52. The van der Waals surface area contributed by atoms with Crippen LogP contribution in [-0.2, 0) is 24.8 Å². The van der Waals surface area contributed by atoms with Gasteiger partial charge in [-0.1, -0.05) is 29.3 Å². The van der Waals surface area contributed by atoms with Gasteiger partial charge in [0.15, 0.2) is 9.84 Å². The Morgan fingerprint density at radius 3 is 2.35 bits per heavy atom. The second kappa shape index (κ2) is 8.93. The van der Waals surface area contributed by atoms with Crippen LogP contribution >= 0.6 is 23.2 Å². The predicted octanol–water partition coefficient (Wildman–Crippen LogP) is 3.92. The van der Waals surface area contributed by atoms with Gasteiger partial charge in [-0.25, -0.2) is 17.2 Å². The van der Waals surface area contributed by atoms with Crippen molar-refractivity contribution in [3.05, 3.63) is 63.6 Å². The summed E-state index contributed by atoms with van der Waals surface area (Å²) in [4.78, 5) is 28.0. The minimum atomic E-state index is -4.19. The van der Waals surface area contributed by atoms with Crippen LogP contribution in [0.2, 0.25) is 10.0 Å². The van der Waals surface area contributed by atoms with Gasteiger partial charge in [0.2, 0.25) is 11.8 Å². The van der Waals surface area contributed by atoms with E-state index in [1.807, 2.05) is 6.07 Å². The van der Waals surface area contributed by atoms with Crippen LogP contribution in [0.1, 0.15) is 37.7 Å². The zero-order chi connectivity index (χ0) is 26.8. The van der Waals surface area contributed by atoms with Crippen LogP contribution < -0.4 is 5.32 Å². The molecule has 2 atom stereocenters. The van der Waals surface area contributed by atoms with Gasteiger partial charge in [-0.2, -0.15) is 5.26 Å². The molecule has 2 aromatic carbocycles. The van der Waals surface area contributed by atoms with Crippen LogP contribution in [0.25, 0.3) is 0 Å². The Kier molecular flexibility index (Phi) is 6.25. The fraction of sp³-hybridized carbons (Fsp3) is 0.400. The first-order valence-corrected chi connectivity index (χ1v) is 13.9. The quantitative estimate of drug-likeness (QED) is 0.532. The lowest BCUT2D eigenvalue weighted by molar-refractivity contribution is -0.140. The van der Waals surface area contributed by atoms with Crippen LogP contribution in [-0.4, -0.2) is 48.5 Å². The highest BCUT2D eigenvalue weighted by Gasteiger charge is 2.59. The van der Waals surface area contributed by atoms with Crippen LogP contribution in [0, 0.1) is 23.0 Å². The summed E-state index contributed by atoms with van der Waals surface area (Å²) in [7, 11) is -4.19. The van der Waals surface area contributed by atoms with Gasteiger partial charge < -0.3 is 10.2 Å². The van der Waals surface area contributed by atoms with E-state index >= 15 is 0 Å². The number of hydrogen-bond acceptors (Lipinski definition) is 5. The van der Waals surface area contributed by atoms with E-state index in [1.165, 1.54) is 17.0 Å². The van der Waals surface area contributed by atoms with E-state index in [4.69, 9.17) is 23.2 Å². The Morgan fingerprint density at radius 1 is 1.08 bits per heavy atom. The number of nitrogens with one attached hydrogen (secondary N) is 1. The second-order valence-electron chi connectivity index (χ2n) is 9.84. The number of carbonyl (C=O) groups excluding carboxylic acids is 2. The van der Waals surface area contributed by atoms with Crippen LogP contribution in [0.15, 0.2) is 41.3 Å². The average molecular weight is 568 g/mol. The topological polar surface area (TPSA) is 107 Å². The number of nitrogens with zero attached hydrogens (tertiary/aromatic N) is 2. The highest BCUT2D eigenvalue weighted by atomic mass is 35.5. The average Bonchev–Trinajstić information content (AvgIpc) is 3.75. The maximum absolute atomic E-state index is 14.8. The lowest BCUT2D eigenvalue weighted by Gasteiger charge is -2.29. The summed E-state index contributed by atoms with van der Waals surface area (Å²) in [6.45, 7) is -0.344. The molecule has 0 aromatic heterocycles. The molecule has 1 N–H and O–H groups in total. The van der Waals surface area contributed by atoms with Crippen molar-refractivity contribution in [1.82, 2.24) is 10.2 Å². The molecule has 1 aliphatic heterocycles. The second-order valence-corrected chi connectivity index (χ2v) is 12.9. The molecule has 194 valence electrons. The molecule has 1 heterocycles. The molecule has 0 radical (unpaired) electrons. The van der Waals surface area contributed by atoms with Gasteiger partial charge in [0.25, 0.3) is 0 Å². The van der Waals surface area contributed by atoms with Crippen molar-refractivity contribution < 1.29 is 26.8 Å². The number of carbonyl (C=O) groups is 2. The van der Waals surface area contributed by atoms with Gasteiger partial charge in [-0.15, -0.1) is 0 Å². The molecule has 3 aliphatic rings. The Bertz CT molecular complexity index is 1470. The van der Waals surface area contributed by atoms with Crippen molar-refractivity contribution in [2.24, 2.45) is 0 Å². The molecule has 3 fully saturated rings. The molecule has 2 aliphatic carbocycles. The van der Waals surface area contributed by atoms with Gasteiger partial charge >= 0.3 is 0 Å².